The molecule has 1 amide bonds. The molecule has 0 radical (unpaired) electrons. The average Bonchev–Trinajstić information content (AvgIpc) is 2.81. The van der Waals surface area contributed by atoms with Crippen LogP contribution < -0.4 is 10.6 Å². The van der Waals surface area contributed by atoms with Gasteiger partial charge in [-0.25, -0.2) is 0 Å². The molecule has 0 saturated carbocycles. The molecule has 1 atom stereocenters. The van der Waals surface area contributed by atoms with Crippen LogP contribution in [0.4, 0.5) is 11.4 Å². The molecule has 4 nitrogen and oxygen atoms in total. The number of carbonyl (C=O) groups excluding carboxylic acids is 1. The SMILES string of the molecule is CC(=O)Nc1cccc(NC(C)c2ccco2)c1. The first-order chi connectivity index (χ1) is 8.65. The molecule has 1 unspecified atom stereocenters. The van der Waals surface area contributed by atoms with E-state index in [1.165, 1.54) is 6.92 Å². The quantitative estimate of drug-likeness (QED) is 0.866. The van der Waals surface area contributed by atoms with Gasteiger partial charge in [0.2, 0.25) is 5.91 Å². The number of amides is 1. The molecule has 0 aliphatic carbocycles. The molecule has 0 saturated heterocycles. The van der Waals surface area contributed by atoms with Gasteiger partial charge in [0.25, 0.3) is 0 Å². The van der Waals surface area contributed by atoms with E-state index in [2.05, 4.69) is 10.6 Å². The Balaban J connectivity index is 2.07. The van der Waals surface area contributed by atoms with Crippen LogP contribution in [0.25, 0.3) is 0 Å². The number of hydrogen-bond acceptors (Lipinski definition) is 3. The van der Waals surface area contributed by atoms with Crippen molar-refractivity contribution < 1.29 is 9.21 Å². The third-order valence-electron chi connectivity index (χ3n) is 2.54. The summed E-state index contributed by atoms with van der Waals surface area (Å²) in [6.07, 6.45) is 1.65. The minimum atomic E-state index is -0.0776. The van der Waals surface area contributed by atoms with Crippen molar-refractivity contribution in [3.63, 3.8) is 0 Å². The second-order valence-electron chi connectivity index (χ2n) is 4.14. The van der Waals surface area contributed by atoms with Crippen molar-refractivity contribution in [3.8, 4) is 0 Å². The summed E-state index contributed by atoms with van der Waals surface area (Å²) in [6.45, 7) is 3.51. The Kier molecular flexibility index (Phi) is 3.67. The molecule has 2 N–H and O–H groups in total. The largest absolute Gasteiger partial charge is 0.467 e. The maximum Gasteiger partial charge on any atom is 0.221 e. The molecule has 0 aliphatic heterocycles. The molecule has 4 heteroatoms. The smallest absolute Gasteiger partial charge is 0.221 e. The molecule has 18 heavy (non-hydrogen) atoms. The molecule has 1 heterocycles. The fraction of sp³-hybridized carbons (Fsp3) is 0.214. The molecule has 1 aromatic heterocycles. The molecule has 2 rings (SSSR count). The van der Waals surface area contributed by atoms with Gasteiger partial charge < -0.3 is 15.1 Å². The predicted octanol–water partition coefficient (Wildman–Crippen LogP) is 3.41. The highest BCUT2D eigenvalue weighted by Crippen LogP contribution is 2.21. The van der Waals surface area contributed by atoms with Crippen LogP contribution in [0.5, 0.6) is 0 Å². The van der Waals surface area contributed by atoms with E-state index in [0.717, 1.165) is 17.1 Å². The Hall–Kier alpha value is -2.23. The highest BCUT2D eigenvalue weighted by atomic mass is 16.3. The van der Waals surface area contributed by atoms with Gasteiger partial charge >= 0.3 is 0 Å². The van der Waals surface area contributed by atoms with Gasteiger partial charge in [-0.2, -0.15) is 0 Å². The summed E-state index contributed by atoms with van der Waals surface area (Å²) in [6, 6.07) is 11.4. The van der Waals surface area contributed by atoms with Gasteiger partial charge in [-0.3, -0.25) is 4.79 Å². The number of benzene rings is 1. The van der Waals surface area contributed by atoms with Crippen LogP contribution in [-0.4, -0.2) is 5.91 Å². The number of nitrogens with one attached hydrogen (secondary N) is 2. The molecule has 0 bridgehead atoms. The maximum atomic E-state index is 11.0. The van der Waals surface area contributed by atoms with Crippen molar-refractivity contribution in [1.29, 1.82) is 0 Å². The topological polar surface area (TPSA) is 54.3 Å². The third-order valence-corrected chi connectivity index (χ3v) is 2.54. The van der Waals surface area contributed by atoms with Gasteiger partial charge in [-0.1, -0.05) is 6.07 Å². The average molecular weight is 244 g/mol. The molecule has 1 aromatic carbocycles. The Bertz CT molecular complexity index is 520. The lowest BCUT2D eigenvalue weighted by Gasteiger charge is -2.13. The standard InChI is InChI=1S/C14H16N2O2/c1-10(14-7-4-8-18-14)15-12-5-3-6-13(9-12)16-11(2)17/h3-10,15H,1-2H3,(H,16,17). The van der Waals surface area contributed by atoms with Crippen LogP contribution in [-0.2, 0) is 4.79 Å². The van der Waals surface area contributed by atoms with Crippen molar-refractivity contribution >= 4 is 17.3 Å². The first kappa shape index (κ1) is 12.2. The van der Waals surface area contributed by atoms with Crippen molar-refractivity contribution in [2.24, 2.45) is 0 Å². The second-order valence-corrected chi connectivity index (χ2v) is 4.14. The van der Waals surface area contributed by atoms with Gasteiger partial charge in [-0.05, 0) is 37.3 Å². The number of hydrogen-bond donors (Lipinski definition) is 2. The van der Waals surface area contributed by atoms with Crippen molar-refractivity contribution in [1.82, 2.24) is 0 Å². The van der Waals surface area contributed by atoms with Crippen molar-refractivity contribution in [3.05, 3.63) is 48.4 Å². The van der Waals surface area contributed by atoms with E-state index < -0.39 is 0 Å². The minimum Gasteiger partial charge on any atom is -0.467 e. The highest BCUT2D eigenvalue weighted by molar-refractivity contribution is 5.89. The molecular formula is C14H16N2O2. The fourth-order valence-corrected chi connectivity index (χ4v) is 1.75. The zero-order valence-corrected chi connectivity index (χ0v) is 10.4. The van der Waals surface area contributed by atoms with Gasteiger partial charge in [0.1, 0.15) is 5.76 Å². The summed E-state index contributed by atoms with van der Waals surface area (Å²) >= 11 is 0. The molecule has 0 aliphatic rings. The van der Waals surface area contributed by atoms with Crippen LogP contribution >= 0.6 is 0 Å². The van der Waals surface area contributed by atoms with Crippen LogP contribution in [0.15, 0.2) is 47.1 Å². The third kappa shape index (κ3) is 3.13. The zero-order chi connectivity index (χ0) is 13.0. The molecule has 0 spiro atoms. The van der Waals surface area contributed by atoms with Gasteiger partial charge in [0, 0.05) is 18.3 Å². The van der Waals surface area contributed by atoms with Crippen LogP contribution in [0.1, 0.15) is 25.6 Å². The monoisotopic (exact) mass is 244 g/mol. The van der Waals surface area contributed by atoms with Gasteiger partial charge in [-0.15, -0.1) is 0 Å². The lowest BCUT2D eigenvalue weighted by Crippen LogP contribution is -2.08. The van der Waals surface area contributed by atoms with Crippen molar-refractivity contribution in [2.75, 3.05) is 10.6 Å². The lowest BCUT2D eigenvalue weighted by molar-refractivity contribution is -0.114. The summed E-state index contributed by atoms with van der Waals surface area (Å²) in [5.41, 5.74) is 1.71. The second kappa shape index (κ2) is 5.40. The number of carbonyl (C=O) groups is 1. The summed E-state index contributed by atoms with van der Waals surface area (Å²) in [5.74, 6) is 0.797. The molecule has 0 fully saturated rings. The Morgan fingerprint density at radius 1 is 1.22 bits per heavy atom. The number of furan rings is 1. The normalized spacial score (nSPS) is 11.9. The van der Waals surface area contributed by atoms with Crippen LogP contribution in [0.3, 0.4) is 0 Å². The van der Waals surface area contributed by atoms with Gasteiger partial charge in [0.05, 0.1) is 12.3 Å². The van der Waals surface area contributed by atoms with E-state index in [0.29, 0.717) is 0 Å². The molecule has 2 aromatic rings. The van der Waals surface area contributed by atoms with Crippen molar-refractivity contribution in [2.45, 2.75) is 19.9 Å². The summed E-state index contributed by atoms with van der Waals surface area (Å²) in [7, 11) is 0. The van der Waals surface area contributed by atoms with Crippen LogP contribution in [0, 0.1) is 0 Å². The van der Waals surface area contributed by atoms with Gasteiger partial charge in [0.15, 0.2) is 0 Å². The Morgan fingerprint density at radius 3 is 2.67 bits per heavy atom. The Labute approximate surface area is 106 Å². The molecule has 94 valence electrons. The number of anilines is 2. The van der Waals surface area contributed by atoms with E-state index in [-0.39, 0.29) is 11.9 Å². The van der Waals surface area contributed by atoms with E-state index in [1.807, 2.05) is 43.3 Å². The first-order valence-corrected chi connectivity index (χ1v) is 5.83. The predicted molar refractivity (Wildman–Crippen MR) is 71.5 cm³/mol. The summed E-state index contributed by atoms with van der Waals surface area (Å²) in [4.78, 5) is 11.0. The maximum absolute atomic E-state index is 11.0. The number of rotatable bonds is 4. The van der Waals surface area contributed by atoms with E-state index in [1.54, 1.807) is 6.26 Å². The van der Waals surface area contributed by atoms with E-state index in [4.69, 9.17) is 4.42 Å². The van der Waals surface area contributed by atoms with E-state index >= 15 is 0 Å². The zero-order valence-electron chi connectivity index (χ0n) is 10.4. The van der Waals surface area contributed by atoms with E-state index in [9.17, 15) is 4.79 Å². The lowest BCUT2D eigenvalue weighted by atomic mass is 10.2. The Morgan fingerprint density at radius 2 is 2.00 bits per heavy atom. The molecular weight excluding hydrogens is 228 g/mol. The summed E-state index contributed by atoms with van der Waals surface area (Å²) in [5, 5.41) is 6.06. The minimum absolute atomic E-state index is 0.0765. The van der Waals surface area contributed by atoms with Crippen LogP contribution in [0.2, 0.25) is 0 Å². The summed E-state index contributed by atoms with van der Waals surface area (Å²) < 4.78 is 5.33. The highest BCUT2D eigenvalue weighted by Gasteiger charge is 2.07. The first-order valence-electron chi connectivity index (χ1n) is 5.83. The fourth-order valence-electron chi connectivity index (χ4n) is 1.75.